The van der Waals surface area contributed by atoms with Crippen LogP contribution in [0.2, 0.25) is 5.02 Å². The molecule has 0 saturated carbocycles. The van der Waals surface area contributed by atoms with Gasteiger partial charge in [-0.3, -0.25) is 9.48 Å². The summed E-state index contributed by atoms with van der Waals surface area (Å²) in [6, 6.07) is 3.37. The van der Waals surface area contributed by atoms with Gasteiger partial charge in [-0.05, 0) is 18.6 Å². The summed E-state index contributed by atoms with van der Waals surface area (Å²) in [7, 11) is 0. The van der Waals surface area contributed by atoms with E-state index in [0.717, 1.165) is 13.0 Å². The summed E-state index contributed by atoms with van der Waals surface area (Å²) in [5.74, 6) is 0.00626. The zero-order chi connectivity index (χ0) is 13.7. The number of nitrogens with one attached hydrogen (secondary N) is 1. The molecule has 3 N–H and O–H groups in total. The number of pyridine rings is 1. The summed E-state index contributed by atoms with van der Waals surface area (Å²) in [6.07, 6.45) is 5.81. The van der Waals surface area contributed by atoms with Crippen molar-refractivity contribution in [3.8, 4) is 0 Å². The Balaban J connectivity index is 1.79. The van der Waals surface area contributed by atoms with Crippen LogP contribution in [0, 0.1) is 0 Å². The molecule has 7 heteroatoms. The van der Waals surface area contributed by atoms with Gasteiger partial charge in [-0.25, -0.2) is 4.98 Å². The molecule has 2 aromatic rings. The van der Waals surface area contributed by atoms with Gasteiger partial charge in [-0.15, -0.1) is 0 Å². The predicted octanol–water partition coefficient (Wildman–Crippen LogP) is 1.33. The number of anilines is 1. The number of rotatable bonds is 5. The molecule has 0 atom stereocenters. The lowest BCUT2D eigenvalue weighted by molar-refractivity contribution is 0.0952. The molecule has 1 amide bonds. The van der Waals surface area contributed by atoms with Crippen molar-refractivity contribution in [1.29, 1.82) is 0 Å². The SMILES string of the molecule is Nc1ncc(C(=O)NCCCn2cccn2)cc1Cl. The van der Waals surface area contributed by atoms with E-state index in [0.29, 0.717) is 12.1 Å². The van der Waals surface area contributed by atoms with Crippen molar-refractivity contribution in [3.63, 3.8) is 0 Å². The summed E-state index contributed by atoms with van der Waals surface area (Å²) in [4.78, 5) is 15.6. The molecule has 0 radical (unpaired) electrons. The molecule has 0 fully saturated rings. The average Bonchev–Trinajstić information content (AvgIpc) is 2.91. The van der Waals surface area contributed by atoms with Crippen molar-refractivity contribution in [3.05, 3.63) is 41.3 Å². The van der Waals surface area contributed by atoms with Crippen LogP contribution in [0.15, 0.2) is 30.7 Å². The minimum Gasteiger partial charge on any atom is -0.382 e. The fraction of sp³-hybridized carbons (Fsp3) is 0.250. The molecule has 100 valence electrons. The number of amides is 1. The van der Waals surface area contributed by atoms with Crippen molar-refractivity contribution in [2.24, 2.45) is 0 Å². The van der Waals surface area contributed by atoms with Gasteiger partial charge in [-0.1, -0.05) is 11.6 Å². The standard InChI is InChI=1S/C12H14ClN5O/c13-10-7-9(8-16-11(10)14)12(19)15-3-1-5-18-6-2-4-17-18/h2,4,6-8H,1,3,5H2,(H2,14,16)(H,15,19). The second kappa shape index (κ2) is 6.19. The van der Waals surface area contributed by atoms with Gasteiger partial charge in [-0.2, -0.15) is 5.10 Å². The Morgan fingerprint density at radius 2 is 2.37 bits per heavy atom. The van der Waals surface area contributed by atoms with Crippen LogP contribution in [-0.2, 0) is 6.54 Å². The van der Waals surface area contributed by atoms with Crippen LogP contribution in [0.3, 0.4) is 0 Å². The summed E-state index contributed by atoms with van der Waals surface area (Å²) in [5.41, 5.74) is 5.88. The monoisotopic (exact) mass is 279 g/mol. The van der Waals surface area contributed by atoms with Gasteiger partial charge in [0.15, 0.2) is 0 Å². The van der Waals surface area contributed by atoms with E-state index in [9.17, 15) is 4.79 Å². The molecule has 0 aromatic carbocycles. The number of hydrogen-bond acceptors (Lipinski definition) is 4. The molecule has 0 unspecified atom stereocenters. The van der Waals surface area contributed by atoms with Gasteiger partial charge in [0.1, 0.15) is 5.82 Å². The fourth-order valence-corrected chi connectivity index (χ4v) is 1.72. The number of carbonyl (C=O) groups excluding carboxylic acids is 1. The zero-order valence-electron chi connectivity index (χ0n) is 10.2. The third-order valence-corrected chi connectivity index (χ3v) is 2.84. The Morgan fingerprint density at radius 3 is 3.05 bits per heavy atom. The third-order valence-electron chi connectivity index (χ3n) is 2.54. The Morgan fingerprint density at radius 1 is 1.53 bits per heavy atom. The molecule has 0 saturated heterocycles. The van der Waals surface area contributed by atoms with Crippen molar-refractivity contribution in [1.82, 2.24) is 20.1 Å². The van der Waals surface area contributed by atoms with Crippen LogP contribution in [0.25, 0.3) is 0 Å². The lowest BCUT2D eigenvalue weighted by Gasteiger charge is -2.06. The van der Waals surface area contributed by atoms with Crippen molar-refractivity contribution in [2.75, 3.05) is 12.3 Å². The Kier molecular flexibility index (Phi) is 4.35. The summed E-state index contributed by atoms with van der Waals surface area (Å²) >= 11 is 5.81. The van der Waals surface area contributed by atoms with Gasteiger partial charge >= 0.3 is 0 Å². The number of carbonyl (C=O) groups is 1. The van der Waals surface area contributed by atoms with Gasteiger partial charge in [0, 0.05) is 31.7 Å². The Labute approximate surface area is 115 Å². The van der Waals surface area contributed by atoms with Crippen LogP contribution in [0.5, 0.6) is 0 Å². The highest BCUT2D eigenvalue weighted by Crippen LogP contribution is 2.16. The van der Waals surface area contributed by atoms with E-state index in [2.05, 4.69) is 15.4 Å². The maximum absolute atomic E-state index is 11.8. The van der Waals surface area contributed by atoms with Crippen molar-refractivity contribution < 1.29 is 4.79 Å². The first-order valence-corrected chi connectivity index (χ1v) is 6.21. The maximum atomic E-state index is 11.8. The van der Waals surface area contributed by atoms with Gasteiger partial charge in [0.2, 0.25) is 0 Å². The highest BCUT2D eigenvalue weighted by atomic mass is 35.5. The molecule has 2 rings (SSSR count). The van der Waals surface area contributed by atoms with Crippen LogP contribution in [-0.4, -0.2) is 27.2 Å². The van der Waals surface area contributed by atoms with Crippen LogP contribution >= 0.6 is 11.6 Å². The number of nitrogen functional groups attached to an aromatic ring is 1. The lowest BCUT2D eigenvalue weighted by atomic mass is 10.2. The summed E-state index contributed by atoms with van der Waals surface area (Å²) < 4.78 is 1.81. The first-order chi connectivity index (χ1) is 9.16. The summed E-state index contributed by atoms with van der Waals surface area (Å²) in [6.45, 7) is 1.31. The molecule has 0 aliphatic rings. The molecule has 19 heavy (non-hydrogen) atoms. The van der Waals surface area contributed by atoms with Crippen molar-refractivity contribution in [2.45, 2.75) is 13.0 Å². The first-order valence-electron chi connectivity index (χ1n) is 5.83. The second-order valence-electron chi connectivity index (χ2n) is 3.97. The number of nitrogens with two attached hydrogens (primary N) is 1. The molecule has 0 aliphatic carbocycles. The number of hydrogen-bond donors (Lipinski definition) is 2. The first kappa shape index (κ1) is 13.4. The van der Waals surface area contributed by atoms with E-state index in [1.54, 1.807) is 6.20 Å². The summed E-state index contributed by atoms with van der Waals surface area (Å²) in [5, 5.41) is 7.15. The maximum Gasteiger partial charge on any atom is 0.252 e. The topological polar surface area (TPSA) is 85.8 Å². The number of nitrogens with zero attached hydrogens (tertiary/aromatic N) is 3. The van der Waals surface area contributed by atoms with E-state index in [4.69, 9.17) is 17.3 Å². The van der Waals surface area contributed by atoms with Crippen LogP contribution in [0.4, 0.5) is 5.82 Å². The normalized spacial score (nSPS) is 10.4. The average molecular weight is 280 g/mol. The lowest BCUT2D eigenvalue weighted by Crippen LogP contribution is -2.25. The smallest absolute Gasteiger partial charge is 0.252 e. The zero-order valence-corrected chi connectivity index (χ0v) is 11.0. The molecular formula is C12H14ClN5O. The molecule has 2 heterocycles. The highest BCUT2D eigenvalue weighted by molar-refractivity contribution is 6.33. The van der Waals surface area contributed by atoms with Gasteiger partial charge in [0.05, 0.1) is 10.6 Å². The fourth-order valence-electron chi connectivity index (χ4n) is 1.55. The van der Waals surface area contributed by atoms with E-state index in [1.807, 2.05) is 16.9 Å². The Hall–Kier alpha value is -2.08. The van der Waals surface area contributed by atoms with Crippen LogP contribution in [0.1, 0.15) is 16.8 Å². The van der Waals surface area contributed by atoms with E-state index >= 15 is 0 Å². The van der Waals surface area contributed by atoms with E-state index < -0.39 is 0 Å². The van der Waals surface area contributed by atoms with Gasteiger partial charge < -0.3 is 11.1 Å². The van der Waals surface area contributed by atoms with Crippen molar-refractivity contribution >= 4 is 23.3 Å². The van der Waals surface area contributed by atoms with Gasteiger partial charge in [0.25, 0.3) is 5.91 Å². The minimum atomic E-state index is -0.213. The molecule has 2 aromatic heterocycles. The number of aryl methyl sites for hydroxylation is 1. The quantitative estimate of drug-likeness (QED) is 0.809. The number of aromatic nitrogens is 3. The molecule has 0 spiro atoms. The predicted molar refractivity (Wildman–Crippen MR) is 72.8 cm³/mol. The molecule has 0 bridgehead atoms. The molecular weight excluding hydrogens is 266 g/mol. The van der Waals surface area contributed by atoms with Crippen LogP contribution < -0.4 is 11.1 Å². The third kappa shape index (κ3) is 3.69. The molecule has 0 aliphatic heterocycles. The Bertz CT molecular complexity index is 555. The highest BCUT2D eigenvalue weighted by Gasteiger charge is 2.07. The van der Waals surface area contributed by atoms with E-state index in [1.165, 1.54) is 12.3 Å². The number of halogens is 1. The largest absolute Gasteiger partial charge is 0.382 e. The second-order valence-corrected chi connectivity index (χ2v) is 4.38. The minimum absolute atomic E-state index is 0.213. The van der Waals surface area contributed by atoms with E-state index in [-0.39, 0.29) is 16.7 Å². The molecule has 6 nitrogen and oxygen atoms in total.